The Kier molecular flexibility index (Phi) is 3.90. The van der Waals surface area contributed by atoms with Gasteiger partial charge < -0.3 is 4.52 Å². The number of benzene rings is 1. The topological polar surface area (TPSA) is 70.8 Å². The first-order valence-electron chi connectivity index (χ1n) is 8.37. The number of nitrogens with zero attached hydrogens (tertiary/aromatic N) is 4. The second kappa shape index (κ2) is 6.20. The molecule has 0 radical (unpaired) electrons. The largest absolute Gasteiger partial charge is 0.338 e. The first kappa shape index (κ1) is 15.1. The summed E-state index contributed by atoms with van der Waals surface area (Å²) in [6, 6.07) is 9.91. The van der Waals surface area contributed by atoms with Crippen molar-refractivity contribution in [1.82, 2.24) is 25.2 Å². The zero-order valence-electron chi connectivity index (χ0n) is 14.0. The lowest BCUT2D eigenvalue weighted by atomic mass is 9.99. The van der Waals surface area contributed by atoms with Crippen LogP contribution in [0.4, 0.5) is 0 Å². The molecule has 0 spiro atoms. The maximum atomic E-state index is 5.44. The second-order valence-electron chi connectivity index (χ2n) is 6.56. The first-order valence-corrected chi connectivity index (χ1v) is 8.37. The van der Waals surface area contributed by atoms with Crippen LogP contribution in [-0.4, -0.2) is 31.8 Å². The maximum Gasteiger partial charge on any atom is 0.241 e. The maximum absolute atomic E-state index is 5.44. The molecule has 6 heteroatoms. The van der Waals surface area contributed by atoms with E-state index in [2.05, 4.69) is 39.1 Å². The van der Waals surface area contributed by atoms with E-state index in [4.69, 9.17) is 4.52 Å². The number of aromatic nitrogens is 4. The fourth-order valence-corrected chi connectivity index (χ4v) is 3.20. The molecule has 1 N–H and O–H groups in total. The summed E-state index contributed by atoms with van der Waals surface area (Å²) >= 11 is 0. The molecule has 4 rings (SSSR count). The normalized spacial score (nSPS) is 15.0. The predicted molar refractivity (Wildman–Crippen MR) is 90.2 cm³/mol. The third kappa shape index (κ3) is 2.85. The van der Waals surface area contributed by atoms with Gasteiger partial charge in [0, 0.05) is 36.3 Å². The number of hydrogen-bond acceptors (Lipinski definition) is 5. The van der Waals surface area contributed by atoms with Crippen molar-refractivity contribution >= 4 is 0 Å². The van der Waals surface area contributed by atoms with E-state index in [0.717, 1.165) is 25.1 Å². The number of rotatable bonds is 4. The van der Waals surface area contributed by atoms with Crippen molar-refractivity contribution in [2.45, 2.75) is 39.3 Å². The smallest absolute Gasteiger partial charge is 0.241 e. The highest BCUT2D eigenvalue weighted by Crippen LogP contribution is 2.26. The van der Waals surface area contributed by atoms with E-state index in [-0.39, 0.29) is 0 Å². The summed E-state index contributed by atoms with van der Waals surface area (Å²) in [5.41, 5.74) is 4.75. The summed E-state index contributed by atoms with van der Waals surface area (Å²) in [5, 5.41) is 11.8. The van der Waals surface area contributed by atoms with Gasteiger partial charge in [-0.3, -0.25) is 10.00 Å². The number of H-pyrrole nitrogens is 1. The van der Waals surface area contributed by atoms with E-state index in [1.54, 1.807) is 0 Å². The number of aromatic amines is 1. The highest BCUT2D eigenvalue weighted by molar-refractivity contribution is 5.53. The summed E-state index contributed by atoms with van der Waals surface area (Å²) in [5.74, 6) is 1.74. The van der Waals surface area contributed by atoms with E-state index in [1.165, 1.54) is 17.0 Å². The highest BCUT2D eigenvalue weighted by Gasteiger charge is 2.24. The Morgan fingerprint density at radius 3 is 2.88 bits per heavy atom. The van der Waals surface area contributed by atoms with Crippen LogP contribution in [0.2, 0.25) is 0 Å². The van der Waals surface area contributed by atoms with Gasteiger partial charge in [0.2, 0.25) is 11.7 Å². The van der Waals surface area contributed by atoms with Gasteiger partial charge in [-0.1, -0.05) is 49.3 Å². The molecule has 6 nitrogen and oxygen atoms in total. The standard InChI is InChI=1S/C18H21N5O/c1-12(2)17-14-10-23(9-8-15(14)20-21-17)11-16-19-18(22-24-16)13-6-4-3-5-7-13/h3-7,12H,8-11H2,1-2H3,(H,20,21). The summed E-state index contributed by atoms with van der Waals surface area (Å²) in [7, 11) is 0. The summed E-state index contributed by atoms with van der Waals surface area (Å²) in [6.45, 7) is 6.87. The molecule has 0 amide bonds. The number of nitrogens with one attached hydrogen (secondary N) is 1. The SMILES string of the molecule is CC(C)c1n[nH]c2c1CN(Cc1nc(-c3ccccc3)no1)CC2. The molecule has 24 heavy (non-hydrogen) atoms. The van der Waals surface area contributed by atoms with E-state index >= 15 is 0 Å². The van der Waals surface area contributed by atoms with Crippen molar-refractivity contribution in [2.75, 3.05) is 6.54 Å². The molecule has 3 aromatic rings. The molecule has 0 saturated carbocycles. The predicted octanol–water partition coefficient (Wildman–Crippen LogP) is 3.14. The van der Waals surface area contributed by atoms with Crippen LogP contribution in [-0.2, 0) is 19.5 Å². The monoisotopic (exact) mass is 323 g/mol. The second-order valence-corrected chi connectivity index (χ2v) is 6.56. The molecule has 0 unspecified atom stereocenters. The van der Waals surface area contributed by atoms with Crippen LogP contribution >= 0.6 is 0 Å². The fourth-order valence-electron chi connectivity index (χ4n) is 3.20. The van der Waals surface area contributed by atoms with E-state index in [9.17, 15) is 0 Å². The Morgan fingerprint density at radius 2 is 2.08 bits per heavy atom. The van der Waals surface area contributed by atoms with Gasteiger partial charge in [0.1, 0.15) is 0 Å². The lowest BCUT2D eigenvalue weighted by Crippen LogP contribution is -2.30. The van der Waals surface area contributed by atoms with E-state index in [1.807, 2.05) is 30.3 Å². The molecule has 1 aliphatic rings. The van der Waals surface area contributed by atoms with Crippen LogP contribution in [0.1, 0.15) is 42.6 Å². The third-order valence-corrected chi connectivity index (χ3v) is 4.45. The summed E-state index contributed by atoms with van der Waals surface area (Å²) in [6.07, 6.45) is 0.981. The molecular weight excluding hydrogens is 302 g/mol. The Bertz CT molecular complexity index is 821. The molecule has 0 bridgehead atoms. The van der Waals surface area contributed by atoms with Crippen LogP contribution in [0, 0.1) is 0 Å². The summed E-state index contributed by atoms with van der Waals surface area (Å²) < 4.78 is 5.44. The molecule has 1 aliphatic heterocycles. The molecule has 0 saturated heterocycles. The van der Waals surface area contributed by atoms with Crippen LogP contribution in [0.25, 0.3) is 11.4 Å². The fraction of sp³-hybridized carbons (Fsp3) is 0.389. The molecule has 124 valence electrons. The minimum atomic E-state index is 0.429. The van der Waals surface area contributed by atoms with Gasteiger partial charge >= 0.3 is 0 Å². The number of fused-ring (bicyclic) bond motifs is 1. The zero-order valence-corrected chi connectivity index (χ0v) is 14.0. The van der Waals surface area contributed by atoms with Crippen LogP contribution < -0.4 is 0 Å². The van der Waals surface area contributed by atoms with Gasteiger partial charge in [0.05, 0.1) is 12.2 Å². The third-order valence-electron chi connectivity index (χ3n) is 4.45. The lowest BCUT2D eigenvalue weighted by Gasteiger charge is -2.25. The van der Waals surface area contributed by atoms with Crippen molar-refractivity contribution < 1.29 is 4.52 Å². The quantitative estimate of drug-likeness (QED) is 0.798. The van der Waals surface area contributed by atoms with Gasteiger partial charge in [-0.15, -0.1) is 0 Å². The Balaban J connectivity index is 1.49. The average Bonchev–Trinajstić information content (AvgIpc) is 3.22. The molecular formula is C18H21N5O. The van der Waals surface area contributed by atoms with Gasteiger partial charge in [-0.25, -0.2) is 0 Å². The van der Waals surface area contributed by atoms with Crippen molar-refractivity contribution in [1.29, 1.82) is 0 Å². The van der Waals surface area contributed by atoms with Crippen LogP contribution in [0.5, 0.6) is 0 Å². The van der Waals surface area contributed by atoms with E-state index < -0.39 is 0 Å². The zero-order chi connectivity index (χ0) is 16.5. The lowest BCUT2D eigenvalue weighted by molar-refractivity contribution is 0.209. The molecule has 0 fully saturated rings. The molecule has 2 aromatic heterocycles. The van der Waals surface area contributed by atoms with Crippen molar-refractivity contribution in [3.05, 3.63) is 53.2 Å². The van der Waals surface area contributed by atoms with Gasteiger partial charge in [0.25, 0.3) is 0 Å². The summed E-state index contributed by atoms with van der Waals surface area (Å²) in [4.78, 5) is 6.87. The highest BCUT2D eigenvalue weighted by atomic mass is 16.5. The minimum absolute atomic E-state index is 0.429. The van der Waals surface area contributed by atoms with Crippen LogP contribution in [0.3, 0.4) is 0 Å². The van der Waals surface area contributed by atoms with Gasteiger partial charge in [-0.2, -0.15) is 10.1 Å². The minimum Gasteiger partial charge on any atom is -0.338 e. The van der Waals surface area contributed by atoms with E-state index in [0.29, 0.717) is 24.2 Å². The first-order chi connectivity index (χ1) is 11.7. The van der Waals surface area contributed by atoms with Crippen molar-refractivity contribution in [3.8, 4) is 11.4 Å². The molecule has 1 aromatic carbocycles. The molecule has 0 aliphatic carbocycles. The number of hydrogen-bond donors (Lipinski definition) is 1. The van der Waals surface area contributed by atoms with Crippen molar-refractivity contribution in [2.24, 2.45) is 0 Å². The average molecular weight is 323 g/mol. The molecule has 0 atom stereocenters. The Morgan fingerprint density at radius 1 is 1.25 bits per heavy atom. The van der Waals surface area contributed by atoms with Crippen molar-refractivity contribution in [3.63, 3.8) is 0 Å². The Hall–Kier alpha value is -2.47. The molecule has 3 heterocycles. The van der Waals surface area contributed by atoms with Crippen LogP contribution in [0.15, 0.2) is 34.9 Å². The van der Waals surface area contributed by atoms with Gasteiger partial charge in [-0.05, 0) is 5.92 Å². The Labute approximate surface area is 140 Å². The van der Waals surface area contributed by atoms with Gasteiger partial charge in [0.15, 0.2) is 0 Å².